The minimum absolute atomic E-state index is 0.325. The summed E-state index contributed by atoms with van der Waals surface area (Å²) in [5, 5.41) is 7.06. The summed E-state index contributed by atoms with van der Waals surface area (Å²) in [7, 11) is 0. The topological polar surface area (TPSA) is 69.4 Å². The van der Waals surface area contributed by atoms with Gasteiger partial charge in [-0.1, -0.05) is 24.2 Å². The van der Waals surface area contributed by atoms with E-state index in [1.165, 1.54) is 0 Å². The molecule has 1 unspecified atom stereocenters. The molecule has 0 aliphatic carbocycles. The van der Waals surface area contributed by atoms with Gasteiger partial charge in [0.05, 0.1) is 6.54 Å². The fraction of sp³-hybridized carbons (Fsp3) is 0.385. The van der Waals surface area contributed by atoms with Gasteiger partial charge in [-0.3, -0.25) is 0 Å². The maximum absolute atomic E-state index is 5.81. The van der Waals surface area contributed by atoms with Crippen LogP contribution in [0.15, 0.2) is 28.8 Å². The second kappa shape index (κ2) is 5.27. The van der Waals surface area contributed by atoms with Crippen LogP contribution < -0.4 is 14.8 Å². The summed E-state index contributed by atoms with van der Waals surface area (Å²) in [6, 6.07) is 7.54. The van der Waals surface area contributed by atoms with Crippen LogP contribution in [0.1, 0.15) is 24.7 Å². The number of hydrogen-bond donors (Lipinski definition) is 1. The molecule has 6 heteroatoms. The highest BCUT2D eigenvalue weighted by Gasteiger charge is 2.26. The van der Waals surface area contributed by atoms with Crippen molar-refractivity contribution in [1.29, 1.82) is 0 Å². The number of nitrogens with zero attached hydrogens (tertiary/aromatic N) is 2. The summed E-state index contributed by atoms with van der Waals surface area (Å²) < 4.78 is 16.6. The highest BCUT2D eigenvalue weighted by Crippen LogP contribution is 2.34. The molecule has 2 heterocycles. The summed E-state index contributed by atoms with van der Waals surface area (Å²) in [6.45, 7) is 3.82. The Morgan fingerprint density at radius 1 is 1.32 bits per heavy atom. The first-order chi connectivity index (χ1) is 9.36. The average molecular weight is 261 g/mol. The third-order valence-corrected chi connectivity index (χ3v) is 2.81. The molecule has 1 N–H and O–H groups in total. The van der Waals surface area contributed by atoms with Crippen molar-refractivity contribution in [3.05, 3.63) is 36.0 Å². The van der Waals surface area contributed by atoms with Gasteiger partial charge in [0.15, 0.2) is 17.6 Å². The Morgan fingerprint density at radius 3 is 3.00 bits per heavy atom. The van der Waals surface area contributed by atoms with E-state index in [-0.39, 0.29) is 6.10 Å². The molecule has 0 radical (unpaired) electrons. The Morgan fingerprint density at radius 2 is 2.16 bits per heavy atom. The van der Waals surface area contributed by atoms with E-state index in [9.17, 15) is 0 Å². The van der Waals surface area contributed by atoms with Crippen molar-refractivity contribution in [2.75, 3.05) is 13.2 Å². The van der Waals surface area contributed by atoms with E-state index in [0.29, 0.717) is 30.6 Å². The summed E-state index contributed by atoms with van der Waals surface area (Å²) in [5.41, 5.74) is 0. The zero-order chi connectivity index (χ0) is 13.1. The van der Waals surface area contributed by atoms with Crippen molar-refractivity contribution < 1.29 is 14.0 Å². The first-order valence-electron chi connectivity index (χ1n) is 6.28. The molecular weight excluding hydrogens is 246 g/mol. The highest BCUT2D eigenvalue weighted by atomic mass is 16.6. The molecule has 6 nitrogen and oxygen atoms in total. The molecule has 3 rings (SSSR count). The largest absolute Gasteiger partial charge is 0.485 e. The van der Waals surface area contributed by atoms with Gasteiger partial charge in [0.25, 0.3) is 0 Å². The molecule has 1 aromatic carbocycles. The van der Waals surface area contributed by atoms with Gasteiger partial charge in [-0.05, 0) is 18.7 Å². The predicted molar refractivity (Wildman–Crippen MR) is 67.0 cm³/mol. The Balaban J connectivity index is 1.72. The zero-order valence-corrected chi connectivity index (χ0v) is 10.6. The van der Waals surface area contributed by atoms with E-state index in [1.54, 1.807) is 0 Å². The van der Waals surface area contributed by atoms with Gasteiger partial charge < -0.3 is 19.3 Å². The van der Waals surface area contributed by atoms with Crippen molar-refractivity contribution in [2.24, 2.45) is 0 Å². The lowest BCUT2D eigenvalue weighted by Crippen LogP contribution is -2.22. The number of para-hydroxylation sites is 2. The SMILES string of the molecule is CCNCc1nc(C2COc3ccccc3O2)no1. The van der Waals surface area contributed by atoms with Gasteiger partial charge in [-0.25, -0.2) is 0 Å². The van der Waals surface area contributed by atoms with E-state index in [0.717, 1.165) is 12.3 Å². The number of fused-ring (bicyclic) bond motifs is 1. The highest BCUT2D eigenvalue weighted by molar-refractivity contribution is 5.40. The molecule has 1 aliphatic heterocycles. The first kappa shape index (κ1) is 12.0. The van der Waals surface area contributed by atoms with Crippen molar-refractivity contribution in [2.45, 2.75) is 19.6 Å². The van der Waals surface area contributed by atoms with Gasteiger partial charge in [0.1, 0.15) is 6.61 Å². The standard InChI is InChI=1S/C13H15N3O3/c1-2-14-7-12-15-13(16-19-12)11-8-17-9-5-3-4-6-10(9)18-11/h3-6,11,14H,2,7-8H2,1H3. The maximum Gasteiger partial charge on any atom is 0.240 e. The van der Waals surface area contributed by atoms with Crippen LogP contribution in [0.5, 0.6) is 11.5 Å². The summed E-state index contributed by atoms with van der Waals surface area (Å²) >= 11 is 0. The van der Waals surface area contributed by atoms with Crippen LogP contribution in [-0.4, -0.2) is 23.3 Å². The van der Waals surface area contributed by atoms with Crippen LogP contribution in [0.4, 0.5) is 0 Å². The summed E-state index contributed by atoms with van der Waals surface area (Å²) in [6.07, 6.45) is -0.325. The lowest BCUT2D eigenvalue weighted by molar-refractivity contribution is 0.0832. The van der Waals surface area contributed by atoms with Gasteiger partial charge >= 0.3 is 0 Å². The molecule has 2 aromatic rings. The smallest absolute Gasteiger partial charge is 0.240 e. The Bertz CT molecular complexity index is 556. The zero-order valence-electron chi connectivity index (χ0n) is 10.6. The second-order valence-corrected chi connectivity index (χ2v) is 4.19. The molecule has 100 valence electrons. The number of benzene rings is 1. The van der Waals surface area contributed by atoms with Crippen molar-refractivity contribution in [3.63, 3.8) is 0 Å². The number of nitrogens with one attached hydrogen (secondary N) is 1. The predicted octanol–water partition coefficient (Wildman–Crippen LogP) is 1.69. The quantitative estimate of drug-likeness (QED) is 0.903. The van der Waals surface area contributed by atoms with E-state index in [1.807, 2.05) is 31.2 Å². The van der Waals surface area contributed by atoms with E-state index >= 15 is 0 Å². The molecule has 1 atom stereocenters. The number of aromatic nitrogens is 2. The molecule has 0 saturated heterocycles. The number of rotatable bonds is 4. The lowest BCUT2D eigenvalue weighted by atomic mass is 10.2. The van der Waals surface area contributed by atoms with Crippen molar-refractivity contribution in [3.8, 4) is 11.5 Å². The van der Waals surface area contributed by atoms with Gasteiger partial charge in [0, 0.05) is 0 Å². The summed E-state index contributed by atoms with van der Waals surface area (Å²) in [4.78, 5) is 4.30. The van der Waals surface area contributed by atoms with Gasteiger partial charge in [-0.2, -0.15) is 4.98 Å². The Hall–Kier alpha value is -2.08. The Kier molecular flexibility index (Phi) is 3.33. The molecule has 0 fully saturated rings. The van der Waals surface area contributed by atoms with Crippen molar-refractivity contribution >= 4 is 0 Å². The van der Waals surface area contributed by atoms with Crippen LogP contribution in [-0.2, 0) is 6.54 Å². The van der Waals surface area contributed by atoms with Crippen LogP contribution in [0.25, 0.3) is 0 Å². The maximum atomic E-state index is 5.81. The number of ether oxygens (including phenoxy) is 2. The molecule has 1 aliphatic rings. The third kappa shape index (κ3) is 2.53. The van der Waals surface area contributed by atoms with E-state index in [2.05, 4.69) is 15.5 Å². The van der Waals surface area contributed by atoms with Crippen LogP contribution >= 0.6 is 0 Å². The van der Waals surface area contributed by atoms with Crippen LogP contribution in [0.3, 0.4) is 0 Å². The number of hydrogen-bond acceptors (Lipinski definition) is 6. The fourth-order valence-electron chi connectivity index (χ4n) is 1.85. The molecule has 1 aromatic heterocycles. The molecule has 19 heavy (non-hydrogen) atoms. The molecular formula is C13H15N3O3. The summed E-state index contributed by atoms with van der Waals surface area (Å²) in [5.74, 6) is 2.52. The average Bonchev–Trinajstić information content (AvgIpc) is 2.93. The van der Waals surface area contributed by atoms with Crippen LogP contribution in [0.2, 0.25) is 0 Å². The van der Waals surface area contributed by atoms with Gasteiger partial charge in [-0.15, -0.1) is 0 Å². The first-order valence-corrected chi connectivity index (χ1v) is 6.28. The minimum Gasteiger partial charge on any atom is -0.485 e. The molecule has 0 amide bonds. The molecule has 0 saturated carbocycles. The third-order valence-electron chi connectivity index (χ3n) is 2.81. The van der Waals surface area contributed by atoms with Crippen molar-refractivity contribution in [1.82, 2.24) is 15.5 Å². The van der Waals surface area contributed by atoms with Gasteiger partial charge in [0.2, 0.25) is 11.7 Å². The van der Waals surface area contributed by atoms with E-state index in [4.69, 9.17) is 14.0 Å². The molecule has 0 bridgehead atoms. The monoisotopic (exact) mass is 261 g/mol. The normalized spacial score (nSPS) is 17.4. The second-order valence-electron chi connectivity index (χ2n) is 4.19. The van der Waals surface area contributed by atoms with E-state index < -0.39 is 0 Å². The molecule has 0 spiro atoms. The minimum atomic E-state index is -0.325. The Labute approximate surface area is 110 Å². The van der Waals surface area contributed by atoms with Crippen LogP contribution in [0, 0.1) is 0 Å². The fourth-order valence-corrected chi connectivity index (χ4v) is 1.85. The lowest BCUT2D eigenvalue weighted by Gasteiger charge is -2.24.